The summed E-state index contributed by atoms with van der Waals surface area (Å²) in [7, 11) is 0. The van der Waals surface area contributed by atoms with Gasteiger partial charge < -0.3 is 5.32 Å². The fourth-order valence-electron chi connectivity index (χ4n) is 1.65. The van der Waals surface area contributed by atoms with Crippen molar-refractivity contribution in [2.75, 3.05) is 5.32 Å². The lowest BCUT2D eigenvalue weighted by Crippen LogP contribution is -2.15. The standard InChI is InChI=1S/C13H16N4O/c1-10-3-4-11(2)12(7-10)16-13(18)5-6-17-9-14-8-15-17/h3-4,7-9H,5-6H2,1-2H3,(H,16,18). The monoisotopic (exact) mass is 244 g/mol. The Morgan fingerprint density at radius 3 is 2.94 bits per heavy atom. The molecule has 0 bridgehead atoms. The van der Waals surface area contributed by atoms with Crippen LogP contribution in [0.1, 0.15) is 17.5 Å². The van der Waals surface area contributed by atoms with Gasteiger partial charge in [-0.05, 0) is 31.0 Å². The molecule has 94 valence electrons. The number of benzene rings is 1. The van der Waals surface area contributed by atoms with Gasteiger partial charge in [-0.2, -0.15) is 5.10 Å². The fourth-order valence-corrected chi connectivity index (χ4v) is 1.65. The van der Waals surface area contributed by atoms with Crippen molar-refractivity contribution in [2.45, 2.75) is 26.8 Å². The van der Waals surface area contributed by atoms with E-state index in [1.165, 1.54) is 6.33 Å². The predicted octanol–water partition coefficient (Wildman–Crippen LogP) is 1.92. The molecule has 0 fully saturated rings. The zero-order valence-corrected chi connectivity index (χ0v) is 10.6. The molecule has 1 aromatic heterocycles. The van der Waals surface area contributed by atoms with Crippen molar-refractivity contribution in [3.05, 3.63) is 42.0 Å². The van der Waals surface area contributed by atoms with Crippen molar-refractivity contribution >= 4 is 11.6 Å². The minimum atomic E-state index is -0.0146. The number of aryl methyl sites for hydroxylation is 3. The van der Waals surface area contributed by atoms with E-state index in [9.17, 15) is 4.79 Å². The SMILES string of the molecule is Cc1ccc(C)c(NC(=O)CCn2cncn2)c1. The molecule has 0 saturated heterocycles. The molecule has 5 nitrogen and oxygen atoms in total. The maximum absolute atomic E-state index is 11.8. The van der Waals surface area contributed by atoms with Gasteiger partial charge in [-0.25, -0.2) is 4.98 Å². The van der Waals surface area contributed by atoms with E-state index in [-0.39, 0.29) is 5.91 Å². The highest BCUT2D eigenvalue weighted by atomic mass is 16.1. The summed E-state index contributed by atoms with van der Waals surface area (Å²) in [4.78, 5) is 15.6. The molecule has 0 radical (unpaired) electrons. The smallest absolute Gasteiger partial charge is 0.226 e. The molecule has 2 rings (SSSR count). The van der Waals surface area contributed by atoms with Crippen LogP contribution in [0.25, 0.3) is 0 Å². The van der Waals surface area contributed by atoms with Gasteiger partial charge in [0.05, 0.1) is 6.54 Å². The lowest BCUT2D eigenvalue weighted by molar-refractivity contribution is -0.116. The van der Waals surface area contributed by atoms with Crippen LogP contribution in [0.3, 0.4) is 0 Å². The molecule has 0 aliphatic rings. The summed E-state index contributed by atoms with van der Waals surface area (Å²) in [5.74, 6) is -0.0146. The fraction of sp³-hybridized carbons (Fsp3) is 0.308. The number of rotatable bonds is 4. The molecule has 0 aliphatic carbocycles. The largest absolute Gasteiger partial charge is 0.326 e. The Morgan fingerprint density at radius 2 is 2.22 bits per heavy atom. The molecular formula is C13H16N4O. The Hall–Kier alpha value is -2.17. The molecule has 18 heavy (non-hydrogen) atoms. The molecule has 0 spiro atoms. The van der Waals surface area contributed by atoms with E-state index in [1.54, 1.807) is 11.0 Å². The first kappa shape index (κ1) is 12.3. The number of carbonyl (C=O) groups is 1. The number of nitrogens with zero attached hydrogens (tertiary/aromatic N) is 3. The van der Waals surface area contributed by atoms with Crippen LogP contribution in [0.5, 0.6) is 0 Å². The molecule has 1 amide bonds. The van der Waals surface area contributed by atoms with Gasteiger partial charge in [-0.1, -0.05) is 12.1 Å². The Labute approximate surface area is 106 Å². The van der Waals surface area contributed by atoms with Crippen LogP contribution in [-0.2, 0) is 11.3 Å². The van der Waals surface area contributed by atoms with Gasteiger partial charge in [0, 0.05) is 12.1 Å². The Bertz CT molecular complexity index is 534. The average molecular weight is 244 g/mol. The molecule has 1 aromatic carbocycles. The van der Waals surface area contributed by atoms with Crippen molar-refractivity contribution in [1.82, 2.24) is 14.8 Å². The van der Waals surface area contributed by atoms with E-state index in [0.29, 0.717) is 13.0 Å². The number of hydrogen-bond donors (Lipinski definition) is 1. The van der Waals surface area contributed by atoms with Crippen molar-refractivity contribution < 1.29 is 4.79 Å². The number of amides is 1. The maximum atomic E-state index is 11.8. The van der Waals surface area contributed by atoms with E-state index in [2.05, 4.69) is 15.4 Å². The molecule has 0 unspecified atom stereocenters. The minimum absolute atomic E-state index is 0.0146. The summed E-state index contributed by atoms with van der Waals surface area (Å²) in [6.07, 6.45) is 3.45. The van der Waals surface area contributed by atoms with E-state index >= 15 is 0 Å². The van der Waals surface area contributed by atoms with Gasteiger partial charge in [0.25, 0.3) is 0 Å². The highest BCUT2D eigenvalue weighted by Crippen LogP contribution is 2.16. The topological polar surface area (TPSA) is 59.8 Å². The molecular weight excluding hydrogens is 228 g/mol. The zero-order chi connectivity index (χ0) is 13.0. The van der Waals surface area contributed by atoms with E-state index in [0.717, 1.165) is 16.8 Å². The normalized spacial score (nSPS) is 10.3. The third-order valence-corrected chi connectivity index (χ3v) is 2.70. The Balaban J connectivity index is 1.92. The summed E-state index contributed by atoms with van der Waals surface area (Å²) < 4.78 is 1.64. The number of nitrogens with one attached hydrogen (secondary N) is 1. The lowest BCUT2D eigenvalue weighted by Gasteiger charge is -2.09. The maximum Gasteiger partial charge on any atom is 0.226 e. The van der Waals surface area contributed by atoms with Crippen LogP contribution < -0.4 is 5.32 Å². The second-order valence-corrected chi connectivity index (χ2v) is 4.28. The van der Waals surface area contributed by atoms with E-state index < -0.39 is 0 Å². The first-order valence-corrected chi connectivity index (χ1v) is 5.84. The summed E-state index contributed by atoms with van der Waals surface area (Å²) in [5.41, 5.74) is 3.07. The zero-order valence-electron chi connectivity index (χ0n) is 10.6. The highest BCUT2D eigenvalue weighted by molar-refractivity contribution is 5.91. The van der Waals surface area contributed by atoms with Gasteiger partial charge >= 0.3 is 0 Å². The molecule has 0 saturated carbocycles. The van der Waals surface area contributed by atoms with Crippen LogP contribution in [-0.4, -0.2) is 20.7 Å². The van der Waals surface area contributed by atoms with Gasteiger partial charge in [-0.15, -0.1) is 0 Å². The van der Waals surface area contributed by atoms with Gasteiger partial charge in [0.1, 0.15) is 12.7 Å². The average Bonchev–Trinajstić information content (AvgIpc) is 2.84. The molecule has 0 atom stereocenters. The summed E-state index contributed by atoms with van der Waals surface area (Å²) in [6, 6.07) is 6.01. The van der Waals surface area contributed by atoms with Crippen molar-refractivity contribution in [1.29, 1.82) is 0 Å². The molecule has 1 N–H and O–H groups in total. The first-order chi connectivity index (χ1) is 8.65. The molecule has 1 heterocycles. The Kier molecular flexibility index (Phi) is 3.72. The second kappa shape index (κ2) is 5.44. The van der Waals surface area contributed by atoms with Gasteiger partial charge in [0.15, 0.2) is 0 Å². The second-order valence-electron chi connectivity index (χ2n) is 4.28. The summed E-state index contributed by atoms with van der Waals surface area (Å²) in [6.45, 7) is 4.52. The van der Waals surface area contributed by atoms with Crippen LogP contribution in [0.15, 0.2) is 30.9 Å². The van der Waals surface area contributed by atoms with E-state index in [1.807, 2.05) is 32.0 Å². The van der Waals surface area contributed by atoms with Crippen LogP contribution in [0.2, 0.25) is 0 Å². The van der Waals surface area contributed by atoms with Gasteiger partial charge in [-0.3, -0.25) is 9.48 Å². The number of hydrogen-bond acceptors (Lipinski definition) is 3. The van der Waals surface area contributed by atoms with E-state index in [4.69, 9.17) is 0 Å². The number of carbonyl (C=O) groups excluding carboxylic acids is 1. The van der Waals surface area contributed by atoms with Crippen molar-refractivity contribution in [3.8, 4) is 0 Å². The minimum Gasteiger partial charge on any atom is -0.326 e. The quantitative estimate of drug-likeness (QED) is 0.893. The van der Waals surface area contributed by atoms with Crippen molar-refractivity contribution in [2.24, 2.45) is 0 Å². The number of anilines is 1. The summed E-state index contributed by atoms with van der Waals surface area (Å²) >= 11 is 0. The van der Waals surface area contributed by atoms with Crippen LogP contribution in [0.4, 0.5) is 5.69 Å². The van der Waals surface area contributed by atoms with Gasteiger partial charge in [0.2, 0.25) is 5.91 Å². The Morgan fingerprint density at radius 1 is 1.39 bits per heavy atom. The lowest BCUT2D eigenvalue weighted by atomic mass is 10.1. The van der Waals surface area contributed by atoms with Crippen LogP contribution in [0, 0.1) is 13.8 Å². The highest BCUT2D eigenvalue weighted by Gasteiger charge is 2.05. The predicted molar refractivity (Wildman–Crippen MR) is 69.2 cm³/mol. The first-order valence-electron chi connectivity index (χ1n) is 5.84. The molecule has 0 aliphatic heterocycles. The summed E-state index contributed by atoms with van der Waals surface area (Å²) in [5, 5.41) is 6.87. The third kappa shape index (κ3) is 3.16. The molecule has 2 aromatic rings. The van der Waals surface area contributed by atoms with Crippen molar-refractivity contribution in [3.63, 3.8) is 0 Å². The van der Waals surface area contributed by atoms with Crippen LogP contribution >= 0.6 is 0 Å². The molecule has 5 heteroatoms. The third-order valence-electron chi connectivity index (χ3n) is 2.70. The number of aromatic nitrogens is 3.